The van der Waals surface area contributed by atoms with Gasteiger partial charge in [-0.05, 0) is 25.0 Å². The van der Waals surface area contributed by atoms with E-state index in [0.29, 0.717) is 6.07 Å². The van der Waals surface area contributed by atoms with E-state index in [1.807, 2.05) is 0 Å². The van der Waals surface area contributed by atoms with Crippen molar-refractivity contribution in [2.75, 3.05) is 6.54 Å². The zero-order valence-corrected chi connectivity index (χ0v) is 12.3. The van der Waals surface area contributed by atoms with Crippen LogP contribution in [0.1, 0.15) is 24.8 Å². The Morgan fingerprint density at radius 3 is 2.43 bits per heavy atom. The van der Waals surface area contributed by atoms with Crippen molar-refractivity contribution in [2.24, 2.45) is 5.73 Å². The van der Waals surface area contributed by atoms with Crippen LogP contribution in [0.4, 0.5) is 26.3 Å². The number of likely N-dealkylation sites (tertiary alicyclic amines) is 1. The molecule has 8 heteroatoms. The topological polar surface area (TPSA) is 29.3 Å². The summed E-state index contributed by atoms with van der Waals surface area (Å²) in [6, 6.07) is -0.533. The highest BCUT2D eigenvalue weighted by Gasteiger charge is 2.41. The van der Waals surface area contributed by atoms with Gasteiger partial charge in [0.2, 0.25) is 0 Å². The Balaban J connectivity index is 2.42. The van der Waals surface area contributed by atoms with Gasteiger partial charge in [-0.15, -0.1) is 0 Å². The molecule has 0 radical (unpaired) electrons. The molecule has 0 spiro atoms. The molecule has 1 aliphatic rings. The number of benzene rings is 1. The average molecular weight is 338 g/mol. The summed E-state index contributed by atoms with van der Waals surface area (Å²) in [7, 11) is 0. The van der Waals surface area contributed by atoms with Gasteiger partial charge in [0.1, 0.15) is 12.4 Å². The molecule has 3 atom stereocenters. The van der Waals surface area contributed by atoms with Crippen LogP contribution in [0, 0.1) is 17.5 Å². The van der Waals surface area contributed by atoms with E-state index in [4.69, 9.17) is 5.73 Å². The summed E-state index contributed by atoms with van der Waals surface area (Å²) in [5.41, 5.74) is 5.54. The lowest BCUT2D eigenvalue weighted by Gasteiger charge is -2.45. The third kappa shape index (κ3) is 3.63. The number of hydrogen-bond acceptors (Lipinski definition) is 2. The fraction of sp³-hybridized carbons (Fsp3) is 0.467. The van der Waals surface area contributed by atoms with E-state index in [9.17, 15) is 26.3 Å². The monoisotopic (exact) mass is 338 g/mol. The van der Waals surface area contributed by atoms with Crippen LogP contribution in [0.3, 0.4) is 0 Å². The van der Waals surface area contributed by atoms with Crippen LogP contribution in [-0.2, 0) is 0 Å². The standard InChI is InChI=1S/C15H16F6N2/c1-7-10(11-3-9(16)4-12(17)14(11)18)5-13(22)8(2)23(7)6-15(19,20)21/h3-4,7,10,13H,2,5-6,22H2,1H3. The molecule has 0 aliphatic carbocycles. The van der Waals surface area contributed by atoms with E-state index in [-0.39, 0.29) is 17.7 Å². The molecule has 1 saturated heterocycles. The molecule has 2 nitrogen and oxygen atoms in total. The average Bonchev–Trinajstić information content (AvgIpc) is 2.42. The maximum absolute atomic E-state index is 14.0. The minimum Gasteiger partial charge on any atom is -0.362 e. The zero-order chi connectivity index (χ0) is 17.5. The first-order valence-electron chi connectivity index (χ1n) is 6.93. The van der Waals surface area contributed by atoms with Crippen molar-refractivity contribution in [1.82, 2.24) is 4.90 Å². The summed E-state index contributed by atoms with van der Waals surface area (Å²) in [6.45, 7) is 3.67. The van der Waals surface area contributed by atoms with E-state index < -0.39 is 48.2 Å². The van der Waals surface area contributed by atoms with Gasteiger partial charge in [-0.1, -0.05) is 6.58 Å². The minimum atomic E-state index is -4.51. The molecule has 0 saturated carbocycles. The molecule has 1 fully saturated rings. The predicted octanol–water partition coefficient (Wildman–Crippen LogP) is 3.69. The third-order valence-corrected chi connectivity index (χ3v) is 4.15. The second-order valence-electron chi connectivity index (χ2n) is 5.71. The van der Waals surface area contributed by atoms with Crippen LogP contribution in [0.2, 0.25) is 0 Å². The van der Waals surface area contributed by atoms with Crippen LogP contribution in [0.5, 0.6) is 0 Å². The van der Waals surface area contributed by atoms with Crippen molar-refractivity contribution in [3.05, 3.63) is 47.4 Å². The van der Waals surface area contributed by atoms with Gasteiger partial charge in [-0.25, -0.2) is 13.2 Å². The largest absolute Gasteiger partial charge is 0.405 e. The zero-order valence-electron chi connectivity index (χ0n) is 12.3. The number of rotatable bonds is 2. The van der Waals surface area contributed by atoms with Gasteiger partial charge >= 0.3 is 6.18 Å². The molecule has 2 rings (SSSR count). The molecule has 1 aliphatic heterocycles. The lowest BCUT2D eigenvalue weighted by Crippen LogP contribution is -2.52. The van der Waals surface area contributed by atoms with Gasteiger partial charge in [0.05, 0.1) is 0 Å². The van der Waals surface area contributed by atoms with E-state index in [2.05, 4.69) is 6.58 Å². The number of alkyl halides is 3. The molecular weight excluding hydrogens is 322 g/mol. The predicted molar refractivity (Wildman–Crippen MR) is 73.0 cm³/mol. The highest BCUT2D eigenvalue weighted by molar-refractivity contribution is 5.29. The Hall–Kier alpha value is -1.70. The van der Waals surface area contributed by atoms with Gasteiger partial charge in [-0.3, -0.25) is 0 Å². The molecule has 0 amide bonds. The lowest BCUT2D eigenvalue weighted by molar-refractivity contribution is -0.148. The van der Waals surface area contributed by atoms with Crippen molar-refractivity contribution in [3.8, 4) is 0 Å². The number of hydrogen-bond donors (Lipinski definition) is 1. The van der Waals surface area contributed by atoms with Crippen LogP contribution in [0.15, 0.2) is 24.4 Å². The maximum atomic E-state index is 14.0. The Labute approximate surface area is 129 Å². The highest BCUT2D eigenvalue weighted by Crippen LogP contribution is 2.39. The highest BCUT2D eigenvalue weighted by atomic mass is 19.4. The summed E-state index contributed by atoms with van der Waals surface area (Å²) in [5, 5.41) is 0. The van der Waals surface area contributed by atoms with Crippen molar-refractivity contribution < 1.29 is 26.3 Å². The van der Waals surface area contributed by atoms with Gasteiger partial charge in [-0.2, -0.15) is 13.2 Å². The number of nitrogens with two attached hydrogens (primary N) is 1. The molecule has 23 heavy (non-hydrogen) atoms. The van der Waals surface area contributed by atoms with E-state index >= 15 is 0 Å². The Morgan fingerprint density at radius 1 is 1.26 bits per heavy atom. The molecule has 128 valence electrons. The van der Waals surface area contributed by atoms with Crippen molar-refractivity contribution in [1.29, 1.82) is 0 Å². The number of nitrogens with zero attached hydrogens (tertiary/aromatic N) is 1. The lowest BCUT2D eigenvalue weighted by atomic mass is 9.81. The molecule has 0 bridgehead atoms. The van der Waals surface area contributed by atoms with Gasteiger partial charge in [0.25, 0.3) is 0 Å². The molecular formula is C15H16F6N2. The molecule has 1 heterocycles. The van der Waals surface area contributed by atoms with Crippen LogP contribution >= 0.6 is 0 Å². The van der Waals surface area contributed by atoms with Gasteiger partial charge in [0, 0.05) is 29.8 Å². The first-order valence-corrected chi connectivity index (χ1v) is 6.93. The number of piperidine rings is 1. The second-order valence-corrected chi connectivity index (χ2v) is 5.71. The van der Waals surface area contributed by atoms with E-state index in [1.165, 1.54) is 6.92 Å². The first kappa shape index (κ1) is 17.7. The van der Waals surface area contributed by atoms with Crippen molar-refractivity contribution >= 4 is 0 Å². The minimum absolute atomic E-state index is 0.0498. The van der Waals surface area contributed by atoms with E-state index in [1.54, 1.807) is 0 Å². The fourth-order valence-corrected chi connectivity index (χ4v) is 2.97. The fourth-order valence-electron chi connectivity index (χ4n) is 2.97. The second kappa shape index (κ2) is 6.07. The quantitative estimate of drug-likeness (QED) is 0.658. The summed E-state index contributed by atoms with van der Waals surface area (Å²) in [6.07, 6.45) is -4.46. The first-order chi connectivity index (χ1) is 10.5. The molecule has 1 aromatic carbocycles. The summed E-state index contributed by atoms with van der Waals surface area (Å²) >= 11 is 0. The van der Waals surface area contributed by atoms with Crippen molar-refractivity contribution in [3.63, 3.8) is 0 Å². The van der Waals surface area contributed by atoms with E-state index in [0.717, 1.165) is 11.0 Å². The molecule has 1 aromatic rings. The number of halogens is 6. The van der Waals surface area contributed by atoms with Crippen LogP contribution in [-0.4, -0.2) is 29.7 Å². The molecule has 3 unspecified atom stereocenters. The van der Waals surface area contributed by atoms with Crippen molar-refractivity contribution in [2.45, 2.75) is 37.5 Å². The summed E-state index contributed by atoms with van der Waals surface area (Å²) < 4.78 is 79.0. The third-order valence-electron chi connectivity index (χ3n) is 4.15. The Kier molecular flexibility index (Phi) is 4.66. The maximum Gasteiger partial charge on any atom is 0.405 e. The normalized spacial score (nSPS) is 25.8. The molecule has 2 N–H and O–H groups in total. The Bertz CT molecular complexity index is 613. The van der Waals surface area contributed by atoms with Crippen LogP contribution < -0.4 is 5.73 Å². The summed E-state index contributed by atoms with van der Waals surface area (Å²) in [5.74, 6) is -4.53. The van der Waals surface area contributed by atoms with Crippen LogP contribution in [0.25, 0.3) is 0 Å². The Morgan fingerprint density at radius 2 is 1.87 bits per heavy atom. The van der Waals surface area contributed by atoms with Gasteiger partial charge in [0.15, 0.2) is 11.6 Å². The van der Waals surface area contributed by atoms with Gasteiger partial charge < -0.3 is 10.6 Å². The smallest absolute Gasteiger partial charge is 0.362 e. The SMILES string of the molecule is C=C1C(N)CC(c2cc(F)cc(F)c2F)C(C)N1CC(F)(F)F. The summed E-state index contributed by atoms with van der Waals surface area (Å²) in [4.78, 5) is 0.918. The molecule has 0 aromatic heterocycles.